The second-order valence-corrected chi connectivity index (χ2v) is 7.04. The third kappa shape index (κ3) is 7.92. The SMILES string of the molecule is CCOc1ccc(NS(=O)(=O)CCCCNC(C)C)cc1. The molecule has 0 saturated heterocycles. The van der Waals surface area contributed by atoms with Crippen molar-refractivity contribution < 1.29 is 13.2 Å². The topological polar surface area (TPSA) is 67.4 Å². The zero-order chi connectivity index (χ0) is 15.7. The predicted octanol–water partition coefficient (Wildman–Crippen LogP) is 2.61. The molecular weight excluding hydrogens is 288 g/mol. The maximum atomic E-state index is 11.9. The number of nitrogens with one attached hydrogen (secondary N) is 2. The minimum Gasteiger partial charge on any atom is -0.494 e. The molecule has 1 aromatic rings. The summed E-state index contributed by atoms with van der Waals surface area (Å²) >= 11 is 0. The van der Waals surface area contributed by atoms with E-state index in [4.69, 9.17) is 4.74 Å². The number of ether oxygens (including phenoxy) is 1. The van der Waals surface area contributed by atoms with E-state index in [0.717, 1.165) is 18.7 Å². The zero-order valence-electron chi connectivity index (χ0n) is 13.1. The quantitative estimate of drug-likeness (QED) is 0.651. The van der Waals surface area contributed by atoms with Crippen LogP contribution in [-0.2, 0) is 10.0 Å². The molecule has 1 rings (SSSR count). The van der Waals surface area contributed by atoms with Crippen LogP contribution in [0.25, 0.3) is 0 Å². The maximum absolute atomic E-state index is 11.9. The highest BCUT2D eigenvalue weighted by Crippen LogP contribution is 2.17. The van der Waals surface area contributed by atoms with Crippen molar-refractivity contribution in [1.82, 2.24) is 5.32 Å². The first-order chi connectivity index (χ1) is 9.93. The van der Waals surface area contributed by atoms with Gasteiger partial charge >= 0.3 is 0 Å². The molecule has 0 aliphatic carbocycles. The van der Waals surface area contributed by atoms with Crippen LogP contribution in [0.2, 0.25) is 0 Å². The van der Waals surface area contributed by atoms with Gasteiger partial charge in [-0.15, -0.1) is 0 Å². The average Bonchev–Trinajstić information content (AvgIpc) is 2.40. The van der Waals surface area contributed by atoms with Crippen LogP contribution in [0.15, 0.2) is 24.3 Å². The van der Waals surface area contributed by atoms with Crippen molar-refractivity contribution in [1.29, 1.82) is 0 Å². The van der Waals surface area contributed by atoms with Crippen LogP contribution < -0.4 is 14.8 Å². The Kier molecular flexibility index (Phi) is 7.53. The van der Waals surface area contributed by atoms with Crippen LogP contribution in [0.1, 0.15) is 33.6 Å². The molecule has 1 aromatic carbocycles. The van der Waals surface area contributed by atoms with Gasteiger partial charge < -0.3 is 10.1 Å². The van der Waals surface area contributed by atoms with Gasteiger partial charge in [-0.05, 0) is 50.6 Å². The van der Waals surface area contributed by atoms with Gasteiger partial charge in [-0.25, -0.2) is 8.42 Å². The van der Waals surface area contributed by atoms with Gasteiger partial charge in [-0.1, -0.05) is 13.8 Å². The summed E-state index contributed by atoms with van der Waals surface area (Å²) in [4.78, 5) is 0. The lowest BCUT2D eigenvalue weighted by Gasteiger charge is -2.10. The minimum absolute atomic E-state index is 0.139. The molecule has 0 aliphatic rings. The highest BCUT2D eigenvalue weighted by molar-refractivity contribution is 7.92. The lowest BCUT2D eigenvalue weighted by Crippen LogP contribution is -2.24. The Morgan fingerprint density at radius 1 is 1.14 bits per heavy atom. The van der Waals surface area contributed by atoms with Crippen molar-refractivity contribution in [3.05, 3.63) is 24.3 Å². The van der Waals surface area contributed by atoms with E-state index in [9.17, 15) is 8.42 Å². The van der Waals surface area contributed by atoms with Crippen LogP contribution in [0, 0.1) is 0 Å². The summed E-state index contributed by atoms with van der Waals surface area (Å²) < 4.78 is 31.8. The average molecular weight is 314 g/mol. The first kappa shape index (κ1) is 17.8. The molecule has 0 saturated carbocycles. The first-order valence-corrected chi connectivity index (χ1v) is 9.05. The number of benzene rings is 1. The lowest BCUT2D eigenvalue weighted by molar-refractivity contribution is 0.340. The highest BCUT2D eigenvalue weighted by Gasteiger charge is 2.10. The Labute approximate surface area is 128 Å². The first-order valence-electron chi connectivity index (χ1n) is 7.39. The van der Waals surface area contributed by atoms with E-state index in [2.05, 4.69) is 23.9 Å². The number of unbranched alkanes of at least 4 members (excludes halogenated alkanes) is 1. The third-order valence-corrected chi connectivity index (χ3v) is 4.20. The van der Waals surface area contributed by atoms with Gasteiger partial charge in [0, 0.05) is 11.7 Å². The standard InChI is InChI=1S/C15H26N2O3S/c1-4-20-15-9-7-14(8-10-15)17-21(18,19)12-6-5-11-16-13(2)3/h7-10,13,16-17H,4-6,11-12H2,1-3H3. The van der Waals surface area contributed by atoms with Crippen LogP contribution in [0.3, 0.4) is 0 Å². The van der Waals surface area contributed by atoms with E-state index in [1.54, 1.807) is 24.3 Å². The van der Waals surface area contributed by atoms with Crippen LogP contribution in [0.5, 0.6) is 5.75 Å². The smallest absolute Gasteiger partial charge is 0.232 e. The fourth-order valence-electron chi connectivity index (χ4n) is 1.82. The molecule has 120 valence electrons. The summed E-state index contributed by atoms with van der Waals surface area (Å²) in [5, 5.41) is 3.27. The third-order valence-electron chi connectivity index (χ3n) is 2.83. The fourth-order valence-corrected chi connectivity index (χ4v) is 3.01. The summed E-state index contributed by atoms with van der Waals surface area (Å²) in [6.45, 7) is 7.49. The summed E-state index contributed by atoms with van der Waals surface area (Å²) in [5.74, 6) is 0.875. The fraction of sp³-hybridized carbons (Fsp3) is 0.600. The lowest BCUT2D eigenvalue weighted by atomic mass is 10.3. The molecular formula is C15H26N2O3S. The molecule has 6 heteroatoms. The van der Waals surface area contributed by atoms with Crippen LogP contribution >= 0.6 is 0 Å². The van der Waals surface area contributed by atoms with Crippen molar-refractivity contribution in [2.45, 2.75) is 39.7 Å². The molecule has 0 bridgehead atoms. The van der Waals surface area contributed by atoms with Crippen molar-refractivity contribution in [2.75, 3.05) is 23.6 Å². The van der Waals surface area contributed by atoms with Gasteiger partial charge in [-0.2, -0.15) is 0 Å². The van der Waals surface area contributed by atoms with Crippen LogP contribution in [0.4, 0.5) is 5.69 Å². The molecule has 0 fully saturated rings. The molecule has 0 atom stereocenters. The Bertz CT molecular complexity index is 498. The Balaban J connectivity index is 2.37. The monoisotopic (exact) mass is 314 g/mol. The molecule has 0 amide bonds. The second kappa shape index (κ2) is 8.89. The minimum atomic E-state index is -3.28. The van der Waals surface area contributed by atoms with Crippen molar-refractivity contribution in [3.8, 4) is 5.75 Å². The Morgan fingerprint density at radius 3 is 2.38 bits per heavy atom. The molecule has 0 unspecified atom stereocenters. The van der Waals surface area contributed by atoms with E-state index in [0.29, 0.717) is 24.8 Å². The Hall–Kier alpha value is -1.27. The van der Waals surface area contributed by atoms with E-state index >= 15 is 0 Å². The van der Waals surface area contributed by atoms with E-state index in [1.807, 2.05) is 6.92 Å². The normalized spacial score (nSPS) is 11.6. The number of hydrogen-bond donors (Lipinski definition) is 2. The molecule has 21 heavy (non-hydrogen) atoms. The van der Waals surface area contributed by atoms with E-state index in [-0.39, 0.29) is 5.75 Å². The highest BCUT2D eigenvalue weighted by atomic mass is 32.2. The summed E-state index contributed by atoms with van der Waals surface area (Å²) in [7, 11) is -3.28. The second-order valence-electron chi connectivity index (χ2n) is 5.19. The molecule has 2 N–H and O–H groups in total. The number of anilines is 1. The number of sulfonamides is 1. The summed E-state index contributed by atoms with van der Waals surface area (Å²) in [5.41, 5.74) is 0.568. The molecule has 0 spiro atoms. The van der Waals surface area contributed by atoms with Gasteiger partial charge in [0.05, 0.1) is 12.4 Å². The van der Waals surface area contributed by atoms with Crippen molar-refractivity contribution in [2.24, 2.45) is 0 Å². The largest absolute Gasteiger partial charge is 0.494 e. The van der Waals surface area contributed by atoms with Gasteiger partial charge in [-0.3, -0.25) is 4.72 Å². The predicted molar refractivity (Wildman–Crippen MR) is 87.4 cm³/mol. The number of hydrogen-bond acceptors (Lipinski definition) is 4. The summed E-state index contributed by atoms with van der Waals surface area (Å²) in [6, 6.07) is 7.37. The van der Waals surface area contributed by atoms with Gasteiger partial charge in [0.2, 0.25) is 10.0 Å². The molecule has 5 nitrogen and oxygen atoms in total. The van der Waals surface area contributed by atoms with Crippen LogP contribution in [-0.4, -0.2) is 33.4 Å². The molecule has 0 heterocycles. The van der Waals surface area contributed by atoms with Gasteiger partial charge in [0.1, 0.15) is 5.75 Å². The maximum Gasteiger partial charge on any atom is 0.232 e. The summed E-state index contributed by atoms with van der Waals surface area (Å²) in [6.07, 6.45) is 1.49. The van der Waals surface area contributed by atoms with Gasteiger partial charge in [0.15, 0.2) is 0 Å². The van der Waals surface area contributed by atoms with E-state index < -0.39 is 10.0 Å². The zero-order valence-corrected chi connectivity index (χ0v) is 13.9. The number of rotatable bonds is 10. The molecule has 0 aliphatic heterocycles. The van der Waals surface area contributed by atoms with Crippen molar-refractivity contribution >= 4 is 15.7 Å². The Morgan fingerprint density at radius 2 is 1.81 bits per heavy atom. The van der Waals surface area contributed by atoms with E-state index in [1.165, 1.54) is 0 Å². The van der Waals surface area contributed by atoms with Crippen molar-refractivity contribution in [3.63, 3.8) is 0 Å². The van der Waals surface area contributed by atoms with Gasteiger partial charge in [0.25, 0.3) is 0 Å². The molecule has 0 radical (unpaired) electrons. The molecule has 0 aromatic heterocycles.